The van der Waals surface area contributed by atoms with Gasteiger partial charge in [-0.05, 0) is 87.0 Å². The van der Waals surface area contributed by atoms with Gasteiger partial charge in [0.2, 0.25) is 0 Å². The Hall–Kier alpha value is -2.13. The Morgan fingerprint density at radius 2 is 1.81 bits per heavy atom. The van der Waals surface area contributed by atoms with Crippen LogP contribution in [0.15, 0.2) is 48.5 Å². The molecule has 2 aromatic carbocycles. The molecule has 1 heterocycles. The van der Waals surface area contributed by atoms with E-state index in [9.17, 15) is 4.79 Å². The summed E-state index contributed by atoms with van der Waals surface area (Å²) in [7, 11) is 1.68. The van der Waals surface area contributed by atoms with Crippen molar-refractivity contribution in [2.75, 3.05) is 26.7 Å². The monoisotopic (exact) mass is 363 g/mol. The van der Waals surface area contributed by atoms with Gasteiger partial charge in [-0.15, -0.1) is 0 Å². The van der Waals surface area contributed by atoms with Crippen LogP contribution < -0.4 is 4.74 Å². The van der Waals surface area contributed by atoms with E-state index >= 15 is 0 Å². The third kappa shape index (κ3) is 4.08. The van der Waals surface area contributed by atoms with Gasteiger partial charge in [-0.25, -0.2) is 0 Å². The molecule has 0 amide bonds. The largest absolute Gasteiger partial charge is 0.497 e. The zero-order valence-electron chi connectivity index (χ0n) is 16.2. The number of hydrogen-bond donors (Lipinski definition) is 0. The maximum Gasteiger partial charge on any atom is 0.166 e. The summed E-state index contributed by atoms with van der Waals surface area (Å²) in [6.45, 7) is 3.34. The Balaban J connectivity index is 1.29. The molecular weight excluding hydrogens is 334 g/mol. The molecule has 3 nitrogen and oxygen atoms in total. The summed E-state index contributed by atoms with van der Waals surface area (Å²) in [6.07, 6.45) is 5.40. The number of piperidine rings is 1. The molecule has 1 atom stereocenters. The summed E-state index contributed by atoms with van der Waals surface area (Å²) in [5.74, 6) is 2.05. The first-order valence-corrected chi connectivity index (χ1v) is 10.2. The van der Waals surface area contributed by atoms with Crippen molar-refractivity contribution in [1.82, 2.24) is 4.90 Å². The minimum atomic E-state index is 0.178. The SMILES string of the molecule is COc1ccc2c(c1)CCC(CCN1CCC(c3ccccc3)CC1)C2=O. The molecule has 0 saturated carbocycles. The van der Waals surface area contributed by atoms with Crippen molar-refractivity contribution < 1.29 is 9.53 Å². The number of rotatable bonds is 5. The van der Waals surface area contributed by atoms with Gasteiger partial charge in [-0.1, -0.05) is 30.3 Å². The van der Waals surface area contributed by atoms with E-state index in [0.717, 1.165) is 55.8 Å². The number of likely N-dealkylation sites (tertiary alicyclic amines) is 1. The number of fused-ring (bicyclic) bond motifs is 1. The summed E-state index contributed by atoms with van der Waals surface area (Å²) >= 11 is 0. The lowest BCUT2D eigenvalue weighted by Crippen LogP contribution is -2.35. The van der Waals surface area contributed by atoms with Crippen molar-refractivity contribution in [1.29, 1.82) is 0 Å². The number of methoxy groups -OCH3 is 1. The minimum absolute atomic E-state index is 0.178. The van der Waals surface area contributed by atoms with Crippen LogP contribution in [-0.4, -0.2) is 37.4 Å². The second-order valence-electron chi connectivity index (χ2n) is 7.94. The molecule has 1 unspecified atom stereocenters. The number of Topliss-reactive ketones (excluding diaryl/α,β-unsaturated/α-hetero) is 1. The first-order chi connectivity index (χ1) is 13.2. The van der Waals surface area contributed by atoms with Gasteiger partial charge in [0.15, 0.2) is 5.78 Å². The summed E-state index contributed by atoms with van der Waals surface area (Å²) in [5, 5.41) is 0. The molecule has 0 aromatic heterocycles. The van der Waals surface area contributed by atoms with E-state index in [2.05, 4.69) is 35.2 Å². The molecule has 1 aliphatic heterocycles. The highest BCUT2D eigenvalue weighted by molar-refractivity contribution is 6.00. The second-order valence-corrected chi connectivity index (χ2v) is 7.94. The van der Waals surface area contributed by atoms with Crippen molar-refractivity contribution >= 4 is 5.78 Å². The van der Waals surface area contributed by atoms with Gasteiger partial charge in [0.05, 0.1) is 7.11 Å². The van der Waals surface area contributed by atoms with Gasteiger partial charge in [-0.3, -0.25) is 4.79 Å². The Labute approximate surface area is 162 Å². The first-order valence-electron chi connectivity index (χ1n) is 10.2. The fourth-order valence-electron chi connectivity index (χ4n) is 4.65. The number of aryl methyl sites for hydroxylation is 1. The molecule has 1 saturated heterocycles. The molecule has 1 aliphatic carbocycles. The first kappa shape index (κ1) is 18.2. The molecule has 3 heteroatoms. The highest BCUT2D eigenvalue weighted by Gasteiger charge is 2.28. The molecular formula is C24H29NO2. The van der Waals surface area contributed by atoms with E-state index in [4.69, 9.17) is 4.74 Å². The van der Waals surface area contributed by atoms with Crippen molar-refractivity contribution in [3.05, 3.63) is 65.2 Å². The smallest absolute Gasteiger partial charge is 0.166 e. The van der Waals surface area contributed by atoms with Crippen LogP contribution >= 0.6 is 0 Å². The van der Waals surface area contributed by atoms with Crippen LogP contribution in [0.4, 0.5) is 0 Å². The highest BCUT2D eigenvalue weighted by Crippen LogP contribution is 2.32. The normalized spacial score (nSPS) is 21.1. The number of benzene rings is 2. The summed E-state index contributed by atoms with van der Waals surface area (Å²) < 4.78 is 5.29. The van der Waals surface area contributed by atoms with Crippen molar-refractivity contribution in [2.24, 2.45) is 5.92 Å². The molecule has 2 aliphatic rings. The van der Waals surface area contributed by atoms with Gasteiger partial charge in [0.1, 0.15) is 5.75 Å². The van der Waals surface area contributed by atoms with Crippen molar-refractivity contribution in [3.8, 4) is 5.75 Å². The fraction of sp³-hybridized carbons (Fsp3) is 0.458. The van der Waals surface area contributed by atoms with E-state index < -0.39 is 0 Å². The number of ether oxygens (including phenoxy) is 1. The molecule has 27 heavy (non-hydrogen) atoms. The molecule has 0 bridgehead atoms. The molecule has 4 rings (SSSR count). The van der Waals surface area contributed by atoms with Crippen molar-refractivity contribution in [3.63, 3.8) is 0 Å². The maximum atomic E-state index is 12.9. The van der Waals surface area contributed by atoms with Gasteiger partial charge in [0.25, 0.3) is 0 Å². The maximum absolute atomic E-state index is 12.9. The summed E-state index contributed by atoms with van der Waals surface area (Å²) in [5.41, 5.74) is 3.54. The lowest BCUT2D eigenvalue weighted by molar-refractivity contribution is 0.0877. The number of hydrogen-bond acceptors (Lipinski definition) is 3. The van der Waals surface area contributed by atoms with Crippen LogP contribution in [0.2, 0.25) is 0 Å². The minimum Gasteiger partial charge on any atom is -0.497 e. The van der Waals surface area contributed by atoms with Gasteiger partial charge in [-0.2, -0.15) is 0 Å². The van der Waals surface area contributed by atoms with E-state index in [1.165, 1.54) is 18.4 Å². The predicted molar refractivity (Wildman–Crippen MR) is 109 cm³/mol. The lowest BCUT2D eigenvalue weighted by atomic mass is 9.81. The van der Waals surface area contributed by atoms with Crippen LogP contribution in [0.3, 0.4) is 0 Å². The second kappa shape index (κ2) is 8.26. The standard InChI is InChI=1S/C24H29NO2/c1-27-22-9-10-23-21(17-22)8-7-20(24(23)26)13-16-25-14-11-19(12-15-25)18-5-3-2-4-6-18/h2-6,9-10,17,19-20H,7-8,11-16H2,1H3. The number of carbonyl (C=O) groups is 1. The molecule has 142 valence electrons. The van der Waals surface area contributed by atoms with Crippen molar-refractivity contribution in [2.45, 2.75) is 38.0 Å². The van der Waals surface area contributed by atoms with Gasteiger partial charge in [0, 0.05) is 11.5 Å². The average molecular weight is 364 g/mol. The molecule has 0 spiro atoms. The Morgan fingerprint density at radius 1 is 1.04 bits per heavy atom. The fourth-order valence-corrected chi connectivity index (χ4v) is 4.65. The number of carbonyl (C=O) groups excluding carboxylic acids is 1. The van der Waals surface area contributed by atoms with E-state index in [1.54, 1.807) is 7.11 Å². The number of nitrogens with zero attached hydrogens (tertiary/aromatic N) is 1. The highest BCUT2D eigenvalue weighted by atomic mass is 16.5. The van der Waals surface area contributed by atoms with Crippen LogP contribution in [0.1, 0.15) is 53.1 Å². The van der Waals surface area contributed by atoms with Gasteiger partial charge < -0.3 is 9.64 Å². The lowest BCUT2D eigenvalue weighted by Gasteiger charge is -2.33. The zero-order chi connectivity index (χ0) is 18.6. The van der Waals surface area contributed by atoms with Crippen LogP contribution in [0.25, 0.3) is 0 Å². The van der Waals surface area contributed by atoms with Gasteiger partial charge >= 0.3 is 0 Å². The quantitative estimate of drug-likeness (QED) is 0.770. The number of ketones is 1. The molecule has 2 aromatic rings. The van der Waals surface area contributed by atoms with Crippen LogP contribution in [0, 0.1) is 5.92 Å². The van der Waals surface area contributed by atoms with Crippen LogP contribution in [-0.2, 0) is 6.42 Å². The predicted octanol–water partition coefficient (Wildman–Crippen LogP) is 4.71. The Morgan fingerprint density at radius 3 is 2.56 bits per heavy atom. The van der Waals surface area contributed by atoms with Crippen LogP contribution in [0.5, 0.6) is 5.75 Å². The Bertz CT molecular complexity index is 778. The summed E-state index contributed by atoms with van der Waals surface area (Å²) in [6, 6.07) is 16.8. The van der Waals surface area contributed by atoms with E-state index in [1.807, 2.05) is 18.2 Å². The van der Waals surface area contributed by atoms with E-state index in [0.29, 0.717) is 11.7 Å². The van der Waals surface area contributed by atoms with E-state index in [-0.39, 0.29) is 5.92 Å². The average Bonchev–Trinajstić information content (AvgIpc) is 2.74. The topological polar surface area (TPSA) is 29.5 Å². The molecule has 1 fully saturated rings. The third-order valence-electron chi connectivity index (χ3n) is 6.36. The molecule has 0 N–H and O–H groups in total. The summed E-state index contributed by atoms with van der Waals surface area (Å²) in [4.78, 5) is 15.4. The third-order valence-corrected chi connectivity index (χ3v) is 6.36. The Kier molecular flexibility index (Phi) is 5.58. The zero-order valence-corrected chi connectivity index (χ0v) is 16.2. The molecule has 0 radical (unpaired) electrons.